The molecule has 1 aliphatic heterocycles. The molecule has 0 saturated carbocycles. The topological polar surface area (TPSA) is 92.3 Å². The van der Waals surface area contributed by atoms with E-state index < -0.39 is 9.84 Å². The van der Waals surface area contributed by atoms with E-state index in [1.807, 2.05) is 35.2 Å². The van der Waals surface area contributed by atoms with Crippen molar-refractivity contribution in [2.45, 2.75) is 18.9 Å². The number of aromatic nitrogens is 2. The number of benzene rings is 1. The Morgan fingerprint density at radius 1 is 1.19 bits per heavy atom. The Labute approximate surface area is 153 Å². The Morgan fingerprint density at radius 3 is 2.58 bits per heavy atom. The number of nitrogens with zero attached hydrogens (tertiary/aromatic N) is 3. The van der Waals surface area contributed by atoms with E-state index in [1.165, 1.54) is 0 Å². The highest BCUT2D eigenvalue weighted by atomic mass is 32.2. The summed E-state index contributed by atoms with van der Waals surface area (Å²) < 4.78 is 23.2. The first-order valence-electron chi connectivity index (χ1n) is 8.54. The number of rotatable bonds is 6. The molecule has 2 aromatic rings. The fraction of sp³-hybridized carbons (Fsp3) is 0.389. The van der Waals surface area contributed by atoms with Gasteiger partial charge in [-0.25, -0.2) is 8.42 Å². The molecule has 1 amide bonds. The van der Waals surface area contributed by atoms with Gasteiger partial charge in [0.25, 0.3) is 5.91 Å². The molecule has 138 valence electrons. The third-order valence-electron chi connectivity index (χ3n) is 4.54. The molecule has 1 unspecified atom stereocenters. The van der Waals surface area contributed by atoms with Gasteiger partial charge in [0.15, 0.2) is 21.3 Å². The zero-order chi connectivity index (χ0) is 18.6. The van der Waals surface area contributed by atoms with Crippen LogP contribution in [0.25, 0.3) is 0 Å². The molecule has 1 N–H and O–H groups in total. The number of hydrogen-bond acceptors (Lipinski definition) is 6. The van der Waals surface area contributed by atoms with Gasteiger partial charge in [-0.2, -0.15) is 0 Å². The molecule has 26 heavy (non-hydrogen) atoms. The van der Waals surface area contributed by atoms with Crippen LogP contribution in [0.15, 0.2) is 42.5 Å². The van der Waals surface area contributed by atoms with E-state index in [0.29, 0.717) is 18.8 Å². The van der Waals surface area contributed by atoms with E-state index in [9.17, 15) is 13.2 Å². The lowest BCUT2D eigenvalue weighted by Crippen LogP contribution is -2.33. The average Bonchev–Trinajstić information content (AvgIpc) is 3.02. The molecule has 0 spiro atoms. The molecule has 7 nitrogen and oxygen atoms in total. The molecular formula is C18H22N4O3S. The maximum Gasteiger partial charge on any atom is 0.271 e. The van der Waals surface area contributed by atoms with Crippen molar-refractivity contribution in [3.05, 3.63) is 53.7 Å². The van der Waals surface area contributed by atoms with Crippen molar-refractivity contribution < 1.29 is 13.2 Å². The lowest BCUT2D eigenvalue weighted by Gasteiger charge is -2.23. The minimum atomic E-state index is -2.96. The van der Waals surface area contributed by atoms with Gasteiger partial charge < -0.3 is 10.2 Å². The van der Waals surface area contributed by atoms with Gasteiger partial charge in [0.1, 0.15) is 0 Å². The van der Waals surface area contributed by atoms with Crippen molar-refractivity contribution in [1.82, 2.24) is 15.5 Å². The lowest BCUT2D eigenvalue weighted by atomic mass is 10.1. The van der Waals surface area contributed by atoms with Gasteiger partial charge in [-0.1, -0.05) is 30.3 Å². The Bertz CT molecular complexity index is 854. The molecule has 1 saturated heterocycles. The molecule has 1 aromatic carbocycles. The van der Waals surface area contributed by atoms with E-state index in [2.05, 4.69) is 15.5 Å². The summed E-state index contributed by atoms with van der Waals surface area (Å²) in [4.78, 5) is 14.0. The molecule has 0 bridgehead atoms. The summed E-state index contributed by atoms with van der Waals surface area (Å²) in [5, 5.41) is 10.9. The van der Waals surface area contributed by atoms with E-state index >= 15 is 0 Å². The van der Waals surface area contributed by atoms with Gasteiger partial charge in [0, 0.05) is 19.6 Å². The molecule has 8 heteroatoms. The summed E-state index contributed by atoms with van der Waals surface area (Å²) >= 11 is 0. The van der Waals surface area contributed by atoms with Crippen molar-refractivity contribution in [3.63, 3.8) is 0 Å². The molecule has 3 rings (SSSR count). The normalized spacial score (nSPS) is 18.4. The first-order chi connectivity index (χ1) is 12.4. The molecule has 1 fully saturated rings. The van der Waals surface area contributed by atoms with Gasteiger partial charge in [0.2, 0.25) is 0 Å². The van der Waals surface area contributed by atoms with Gasteiger partial charge in [-0.15, -0.1) is 10.2 Å². The summed E-state index contributed by atoms with van der Waals surface area (Å²) in [5.41, 5.74) is 1.40. The molecule has 1 aliphatic rings. The molecule has 0 aliphatic carbocycles. The number of nitrogens with one attached hydrogen (secondary N) is 1. The Kier molecular flexibility index (Phi) is 5.51. The Morgan fingerprint density at radius 2 is 1.96 bits per heavy atom. The summed E-state index contributed by atoms with van der Waals surface area (Å²) in [6.07, 6.45) is 1.33. The highest BCUT2D eigenvalue weighted by Gasteiger charge is 2.31. The van der Waals surface area contributed by atoms with Crippen LogP contribution in [0.3, 0.4) is 0 Å². The van der Waals surface area contributed by atoms with Crippen LogP contribution >= 0.6 is 0 Å². The highest BCUT2D eigenvalue weighted by molar-refractivity contribution is 7.91. The van der Waals surface area contributed by atoms with Crippen LogP contribution < -0.4 is 10.2 Å². The minimum absolute atomic E-state index is 0.0974. The standard InChI is InChI=1S/C18H22N4O3S/c1-22(15-10-12-26(24,25)13-15)17-8-7-16(20-21-17)18(23)19-11-9-14-5-3-2-4-6-14/h2-8,15H,9-13H2,1H3,(H,19,23). The molecule has 2 heterocycles. The van der Waals surface area contributed by atoms with Crippen molar-refractivity contribution >= 4 is 21.6 Å². The number of carbonyl (C=O) groups excluding carboxylic acids is 1. The van der Waals surface area contributed by atoms with Gasteiger partial charge in [-0.05, 0) is 30.5 Å². The SMILES string of the molecule is CN(c1ccc(C(=O)NCCc2ccccc2)nn1)C1CCS(=O)(=O)C1. The molecule has 1 atom stereocenters. The summed E-state index contributed by atoms with van der Waals surface area (Å²) in [5.74, 6) is 0.628. The fourth-order valence-corrected chi connectivity index (χ4v) is 4.73. The van der Waals surface area contributed by atoms with Crippen LogP contribution in [0.2, 0.25) is 0 Å². The predicted octanol–water partition coefficient (Wildman–Crippen LogP) is 1.07. The second-order valence-corrected chi connectivity index (χ2v) is 8.66. The quantitative estimate of drug-likeness (QED) is 0.813. The van der Waals surface area contributed by atoms with Gasteiger partial charge in [-0.3, -0.25) is 4.79 Å². The maximum atomic E-state index is 12.2. The molecule has 0 radical (unpaired) electrons. The third kappa shape index (κ3) is 4.57. The smallest absolute Gasteiger partial charge is 0.271 e. The largest absolute Gasteiger partial charge is 0.354 e. The van der Waals surface area contributed by atoms with Crippen LogP contribution in [-0.4, -0.2) is 55.7 Å². The molecular weight excluding hydrogens is 352 g/mol. The lowest BCUT2D eigenvalue weighted by molar-refractivity contribution is 0.0948. The summed E-state index contributed by atoms with van der Waals surface area (Å²) in [6, 6.07) is 13.1. The summed E-state index contributed by atoms with van der Waals surface area (Å²) in [7, 11) is -1.16. The zero-order valence-electron chi connectivity index (χ0n) is 14.6. The number of sulfone groups is 1. The number of hydrogen-bond donors (Lipinski definition) is 1. The monoisotopic (exact) mass is 374 g/mol. The second kappa shape index (κ2) is 7.82. The number of carbonyl (C=O) groups is 1. The van der Waals surface area contributed by atoms with Crippen LogP contribution in [0.1, 0.15) is 22.5 Å². The van der Waals surface area contributed by atoms with E-state index in [1.54, 1.807) is 19.2 Å². The van der Waals surface area contributed by atoms with Crippen molar-refractivity contribution in [2.24, 2.45) is 0 Å². The van der Waals surface area contributed by atoms with E-state index in [-0.39, 0.29) is 29.1 Å². The second-order valence-electron chi connectivity index (χ2n) is 6.44. The van der Waals surface area contributed by atoms with E-state index in [0.717, 1.165) is 12.0 Å². The maximum absolute atomic E-state index is 12.2. The number of anilines is 1. The third-order valence-corrected chi connectivity index (χ3v) is 6.29. The van der Waals surface area contributed by atoms with Crippen LogP contribution in [0, 0.1) is 0 Å². The first kappa shape index (κ1) is 18.3. The first-order valence-corrected chi connectivity index (χ1v) is 10.4. The average molecular weight is 374 g/mol. The Hall–Kier alpha value is -2.48. The van der Waals surface area contributed by atoms with Crippen LogP contribution in [0.4, 0.5) is 5.82 Å². The summed E-state index contributed by atoms with van der Waals surface area (Å²) in [6.45, 7) is 0.520. The van der Waals surface area contributed by atoms with Crippen LogP contribution in [-0.2, 0) is 16.3 Å². The fourth-order valence-electron chi connectivity index (χ4n) is 2.96. The van der Waals surface area contributed by atoms with Crippen LogP contribution in [0.5, 0.6) is 0 Å². The van der Waals surface area contributed by atoms with Crippen molar-refractivity contribution in [3.8, 4) is 0 Å². The zero-order valence-corrected chi connectivity index (χ0v) is 15.4. The van der Waals surface area contributed by atoms with Gasteiger partial charge in [0.05, 0.1) is 11.5 Å². The Balaban J connectivity index is 1.54. The number of amides is 1. The minimum Gasteiger partial charge on any atom is -0.354 e. The molecule has 1 aromatic heterocycles. The van der Waals surface area contributed by atoms with Crippen molar-refractivity contribution in [1.29, 1.82) is 0 Å². The predicted molar refractivity (Wildman–Crippen MR) is 100.0 cm³/mol. The van der Waals surface area contributed by atoms with Crippen molar-refractivity contribution in [2.75, 3.05) is 30.0 Å². The van der Waals surface area contributed by atoms with E-state index in [4.69, 9.17) is 0 Å². The van der Waals surface area contributed by atoms with Gasteiger partial charge >= 0.3 is 0 Å². The highest BCUT2D eigenvalue weighted by Crippen LogP contribution is 2.20.